The van der Waals surface area contributed by atoms with Gasteiger partial charge in [0, 0.05) is 0 Å². The Kier molecular flexibility index (Phi) is 7.07. The maximum Gasteiger partial charge on any atom is 0.243 e. The van der Waals surface area contributed by atoms with E-state index >= 15 is 0 Å². The van der Waals surface area contributed by atoms with Gasteiger partial charge in [-0.05, 0) is 62.6 Å². The van der Waals surface area contributed by atoms with E-state index in [0.29, 0.717) is 12.3 Å². The third-order valence-corrected chi connectivity index (χ3v) is 5.59. The molecule has 152 valence electrons. The normalized spacial score (nSPS) is 12.3. The van der Waals surface area contributed by atoms with Gasteiger partial charge in [0.2, 0.25) is 15.9 Å². The van der Waals surface area contributed by atoms with Crippen LogP contribution in [-0.2, 0) is 14.8 Å². The van der Waals surface area contributed by atoms with Crippen molar-refractivity contribution in [2.45, 2.75) is 33.7 Å². The van der Waals surface area contributed by atoms with Crippen molar-refractivity contribution in [3.05, 3.63) is 59.2 Å². The number of ether oxygens (including phenoxy) is 1. The highest BCUT2D eigenvalue weighted by Crippen LogP contribution is 2.22. The fraction of sp³-hybridized carbons (Fsp3) is 0.381. The standard InChI is InChI=1S/C21H28N2O4S/c1-15-7-6-8-19(13-15)23(28(5,25)26)18(4)21(24)22-11-12-27-20-14-16(2)9-10-17(20)3/h6-10,13-14,18H,11-12H2,1-5H3,(H,22,24)/t18-/m0/s1. The minimum absolute atomic E-state index is 0.280. The fourth-order valence-electron chi connectivity index (χ4n) is 2.92. The highest BCUT2D eigenvalue weighted by molar-refractivity contribution is 7.92. The van der Waals surface area contributed by atoms with Gasteiger partial charge in [0.1, 0.15) is 18.4 Å². The van der Waals surface area contributed by atoms with E-state index < -0.39 is 16.1 Å². The molecule has 1 N–H and O–H groups in total. The number of benzene rings is 2. The predicted molar refractivity (Wildman–Crippen MR) is 112 cm³/mol. The highest BCUT2D eigenvalue weighted by atomic mass is 32.2. The second kappa shape index (κ2) is 9.10. The molecule has 0 heterocycles. The van der Waals surface area contributed by atoms with E-state index in [4.69, 9.17) is 4.74 Å². The van der Waals surface area contributed by atoms with Gasteiger partial charge in [-0.3, -0.25) is 9.10 Å². The molecule has 0 saturated heterocycles. The molecule has 6 nitrogen and oxygen atoms in total. The molecule has 0 aliphatic heterocycles. The summed E-state index contributed by atoms with van der Waals surface area (Å²) in [6.07, 6.45) is 1.10. The average molecular weight is 405 g/mol. The van der Waals surface area contributed by atoms with Crippen LogP contribution >= 0.6 is 0 Å². The first-order valence-electron chi connectivity index (χ1n) is 9.13. The molecule has 2 rings (SSSR count). The summed E-state index contributed by atoms with van der Waals surface area (Å²) in [5.74, 6) is 0.399. The minimum atomic E-state index is -3.62. The van der Waals surface area contributed by atoms with Crippen LogP contribution in [0, 0.1) is 20.8 Å². The molecule has 0 unspecified atom stereocenters. The van der Waals surface area contributed by atoms with Crippen molar-refractivity contribution in [1.82, 2.24) is 5.32 Å². The summed E-state index contributed by atoms with van der Waals surface area (Å²) in [7, 11) is -3.62. The monoisotopic (exact) mass is 404 g/mol. The summed E-state index contributed by atoms with van der Waals surface area (Å²) in [4.78, 5) is 12.5. The van der Waals surface area contributed by atoms with Crippen LogP contribution in [-0.4, -0.2) is 39.8 Å². The molecule has 0 aliphatic rings. The van der Waals surface area contributed by atoms with Crippen molar-refractivity contribution in [2.75, 3.05) is 23.7 Å². The van der Waals surface area contributed by atoms with Crippen molar-refractivity contribution in [2.24, 2.45) is 0 Å². The maximum atomic E-state index is 12.5. The summed E-state index contributed by atoms with van der Waals surface area (Å²) in [5, 5.41) is 2.75. The summed E-state index contributed by atoms with van der Waals surface area (Å²) < 4.78 is 31.5. The van der Waals surface area contributed by atoms with Gasteiger partial charge in [0.15, 0.2) is 0 Å². The highest BCUT2D eigenvalue weighted by Gasteiger charge is 2.28. The van der Waals surface area contributed by atoms with Crippen molar-refractivity contribution in [1.29, 1.82) is 0 Å². The maximum absolute atomic E-state index is 12.5. The summed E-state index contributed by atoms with van der Waals surface area (Å²) >= 11 is 0. The van der Waals surface area contributed by atoms with E-state index in [0.717, 1.165) is 33.0 Å². The van der Waals surface area contributed by atoms with Gasteiger partial charge < -0.3 is 10.1 Å². The lowest BCUT2D eigenvalue weighted by atomic mass is 10.1. The van der Waals surface area contributed by atoms with E-state index in [1.165, 1.54) is 0 Å². The number of carbonyl (C=O) groups is 1. The molecule has 0 aliphatic carbocycles. The Morgan fingerprint density at radius 2 is 1.79 bits per heavy atom. The molecule has 0 radical (unpaired) electrons. The minimum Gasteiger partial charge on any atom is -0.491 e. The summed E-state index contributed by atoms with van der Waals surface area (Å²) in [6, 6.07) is 12.1. The van der Waals surface area contributed by atoms with Crippen LogP contribution in [0.4, 0.5) is 5.69 Å². The van der Waals surface area contributed by atoms with E-state index in [9.17, 15) is 13.2 Å². The number of sulfonamides is 1. The van der Waals surface area contributed by atoms with E-state index in [1.807, 2.05) is 45.0 Å². The van der Waals surface area contributed by atoms with E-state index in [2.05, 4.69) is 5.32 Å². The molecular formula is C21H28N2O4S. The Morgan fingerprint density at radius 1 is 1.11 bits per heavy atom. The molecule has 28 heavy (non-hydrogen) atoms. The molecule has 2 aromatic carbocycles. The summed E-state index contributed by atoms with van der Waals surface area (Å²) in [5.41, 5.74) is 3.51. The number of anilines is 1. The Bertz CT molecular complexity index is 941. The number of nitrogens with one attached hydrogen (secondary N) is 1. The number of carbonyl (C=O) groups excluding carboxylic acids is 1. The van der Waals surface area contributed by atoms with Crippen LogP contribution < -0.4 is 14.4 Å². The zero-order valence-electron chi connectivity index (χ0n) is 17.0. The van der Waals surface area contributed by atoms with Crippen molar-refractivity contribution >= 4 is 21.6 Å². The van der Waals surface area contributed by atoms with Crippen LogP contribution in [0.2, 0.25) is 0 Å². The second-order valence-electron chi connectivity index (χ2n) is 6.98. The van der Waals surface area contributed by atoms with Crippen LogP contribution in [0.25, 0.3) is 0 Å². The zero-order valence-corrected chi connectivity index (χ0v) is 17.8. The largest absolute Gasteiger partial charge is 0.491 e. The number of aryl methyl sites for hydroxylation is 3. The lowest BCUT2D eigenvalue weighted by Gasteiger charge is -2.28. The van der Waals surface area contributed by atoms with Gasteiger partial charge in [-0.25, -0.2) is 8.42 Å². The molecule has 1 amide bonds. The topological polar surface area (TPSA) is 75.7 Å². The van der Waals surface area contributed by atoms with Crippen LogP contribution in [0.3, 0.4) is 0 Å². The number of hydrogen-bond donors (Lipinski definition) is 1. The van der Waals surface area contributed by atoms with E-state index in [1.54, 1.807) is 25.1 Å². The van der Waals surface area contributed by atoms with Crippen molar-refractivity contribution < 1.29 is 17.9 Å². The molecule has 0 bridgehead atoms. The molecule has 2 aromatic rings. The van der Waals surface area contributed by atoms with Crippen LogP contribution in [0.5, 0.6) is 5.75 Å². The molecule has 0 spiro atoms. The number of amides is 1. The van der Waals surface area contributed by atoms with Gasteiger partial charge in [-0.15, -0.1) is 0 Å². The van der Waals surface area contributed by atoms with Gasteiger partial charge in [0.05, 0.1) is 18.5 Å². The Balaban J connectivity index is 2.00. The third kappa shape index (κ3) is 5.73. The quantitative estimate of drug-likeness (QED) is 0.687. The molecule has 1 atom stereocenters. The number of nitrogens with zero attached hydrogens (tertiary/aromatic N) is 1. The first-order chi connectivity index (χ1) is 13.1. The third-order valence-electron chi connectivity index (χ3n) is 4.35. The van der Waals surface area contributed by atoms with Gasteiger partial charge in [0.25, 0.3) is 0 Å². The van der Waals surface area contributed by atoms with Crippen molar-refractivity contribution in [3.63, 3.8) is 0 Å². The SMILES string of the molecule is Cc1cccc(N([C@@H](C)C(=O)NCCOc2cc(C)ccc2C)S(C)(=O)=O)c1. The smallest absolute Gasteiger partial charge is 0.243 e. The van der Waals surface area contributed by atoms with Gasteiger partial charge >= 0.3 is 0 Å². The van der Waals surface area contributed by atoms with E-state index in [-0.39, 0.29) is 12.5 Å². The molecule has 0 fully saturated rings. The fourth-order valence-corrected chi connectivity index (χ4v) is 4.09. The van der Waals surface area contributed by atoms with Crippen LogP contribution in [0.1, 0.15) is 23.6 Å². The lowest BCUT2D eigenvalue weighted by molar-refractivity contribution is -0.121. The first-order valence-corrected chi connectivity index (χ1v) is 11.0. The van der Waals surface area contributed by atoms with Crippen LogP contribution in [0.15, 0.2) is 42.5 Å². The summed E-state index contributed by atoms with van der Waals surface area (Å²) in [6.45, 7) is 7.97. The number of rotatable bonds is 8. The zero-order chi connectivity index (χ0) is 20.9. The molecule has 7 heteroatoms. The average Bonchev–Trinajstić information content (AvgIpc) is 2.60. The first kappa shape index (κ1) is 21.8. The molecular weight excluding hydrogens is 376 g/mol. The van der Waals surface area contributed by atoms with Gasteiger partial charge in [-0.1, -0.05) is 24.3 Å². The lowest BCUT2D eigenvalue weighted by Crippen LogP contribution is -2.48. The predicted octanol–water partition coefficient (Wildman–Crippen LogP) is 2.96. The second-order valence-corrected chi connectivity index (χ2v) is 8.84. The van der Waals surface area contributed by atoms with Crippen molar-refractivity contribution in [3.8, 4) is 5.75 Å². The Morgan fingerprint density at radius 3 is 2.43 bits per heavy atom. The number of hydrogen-bond acceptors (Lipinski definition) is 4. The molecule has 0 saturated carbocycles. The Labute approximate surface area is 167 Å². The van der Waals surface area contributed by atoms with Gasteiger partial charge in [-0.2, -0.15) is 0 Å². The molecule has 0 aromatic heterocycles. The Hall–Kier alpha value is -2.54.